The second-order valence-corrected chi connectivity index (χ2v) is 7.32. The molecule has 0 atom stereocenters. The number of nitro benzene ring substituents is 1. The molecule has 2 N–H and O–H groups in total. The molecular weight excluding hydrogens is 386 g/mol. The molecule has 0 saturated carbocycles. The van der Waals surface area contributed by atoms with Gasteiger partial charge in [0, 0.05) is 22.9 Å². The zero-order chi connectivity index (χ0) is 20.5. The van der Waals surface area contributed by atoms with Crippen LogP contribution in [0.3, 0.4) is 0 Å². The normalized spacial score (nSPS) is 11.9. The maximum atomic E-state index is 11.6. The highest BCUT2D eigenvalue weighted by atomic mass is 32.2. The second kappa shape index (κ2) is 7.33. The first-order valence-electron chi connectivity index (χ1n) is 8.13. The lowest BCUT2D eigenvalue weighted by molar-refractivity contribution is -0.384. The third kappa shape index (κ3) is 3.82. The summed E-state index contributed by atoms with van der Waals surface area (Å²) in [5.74, 6) is -0.259. The number of aromatic hydroxyl groups is 1. The number of non-ortho nitro benzene ring substituents is 1. The average molecular weight is 401 g/mol. The smallest absolute Gasteiger partial charge is 0.295 e. The summed E-state index contributed by atoms with van der Waals surface area (Å²) < 4.78 is 32.5. The van der Waals surface area contributed by atoms with Gasteiger partial charge >= 0.3 is 0 Å². The number of aryl methyl sites for hydroxylation is 1. The third-order valence-corrected chi connectivity index (χ3v) is 5.01. The van der Waals surface area contributed by atoms with E-state index in [9.17, 15) is 28.2 Å². The van der Waals surface area contributed by atoms with Crippen molar-refractivity contribution in [3.05, 3.63) is 64.2 Å². The predicted octanol–water partition coefficient (Wildman–Crippen LogP) is 4.68. The van der Waals surface area contributed by atoms with Crippen molar-refractivity contribution >= 4 is 38.0 Å². The van der Waals surface area contributed by atoms with Crippen LogP contribution in [0.1, 0.15) is 12.5 Å². The van der Waals surface area contributed by atoms with Crippen LogP contribution in [0.2, 0.25) is 0 Å². The summed E-state index contributed by atoms with van der Waals surface area (Å²) in [7, 11) is -4.48. The summed E-state index contributed by atoms with van der Waals surface area (Å²) in [6, 6.07) is 11.0. The minimum Gasteiger partial charge on any atom is -0.506 e. The van der Waals surface area contributed by atoms with Crippen molar-refractivity contribution in [3.63, 3.8) is 0 Å². The highest BCUT2D eigenvalue weighted by Gasteiger charge is 2.17. The van der Waals surface area contributed by atoms with E-state index in [1.807, 2.05) is 6.92 Å². The molecule has 0 spiro atoms. The van der Waals surface area contributed by atoms with Crippen molar-refractivity contribution < 1.29 is 23.0 Å². The molecule has 0 saturated heterocycles. The summed E-state index contributed by atoms with van der Waals surface area (Å²) in [6.45, 7) is 1.84. The van der Waals surface area contributed by atoms with E-state index in [1.165, 1.54) is 42.5 Å². The number of nitro groups is 1. The Hall–Kier alpha value is -3.37. The summed E-state index contributed by atoms with van der Waals surface area (Å²) in [5.41, 5.74) is 0.754. The number of nitrogens with zero attached hydrogens (tertiary/aromatic N) is 3. The minimum absolute atomic E-state index is 0.0208. The first-order valence-corrected chi connectivity index (χ1v) is 9.57. The molecule has 0 bridgehead atoms. The fraction of sp³-hybridized carbons (Fsp3) is 0.111. The Morgan fingerprint density at radius 3 is 2.46 bits per heavy atom. The number of benzene rings is 3. The lowest BCUT2D eigenvalue weighted by Gasteiger charge is -2.07. The molecule has 3 aromatic rings. The molecule has 0 fully saturated rings. The third-order valence-electron chi connectivity index (χ3n) is 4.10. The van der Waals surface area contributed by atoms with Crippen molar-refractivity contribution in [2.45, 2.75) is 18.2 Å². The van der Waals surface area contributed by atoms with Gasteiger partial charge in [0.1, 0.15) is 16.3 Å². The maximum absolute atomic E-state index is 11.6. The van der Waals surface area contributed by atoms with Gasteiger partial charge in [0.15, 0.2) is 0 Å². The van der Waals surface area contributed by atoms with Gasteiger partial charge in [-0.25, -0.2) is 0 Å². The Balaban J connectivity index is 2.16. The van der Waals surface area contributed by atoms with E-state index >= 15 is 0 Å². The van der Waals surface area contributed by atoms with Crippen molar-refractivity contribution in [1.82, 2.24) is 0 Å². The molecule has 0 aliphatic carbocycles. The van der Waals surface area contributed by atoms with Gasteiger partial charge in [0.05, 0.1) is 10.6 Å². The summed E-state index contributed by atoms with van der Waals surface area (Å²) in [4.78, 5) is 10.2. The van der Waals surface area contributed by atoms with Crippen LogP contribution in [0.15, 0.2) is 63.7 Å². The van der Waals surface area contributed by atoms with E-state index < -0.39 is 15.0 Å². The fourth-order valence-corrected chi connectivity index (χ4v) is 3.47. The van der Waals surface area contributed by atoms with Gasteiger partial charge in [0.2, 0.25) is 0 Å². The molecule has 10 heteroatoms. The molecule has 0 amide bonds. The molecule has 0 radical (unpaired) electrons. The van der Waals surface area contributed by atoms with Crippen LogP contribution in [-0.2, 0) is 16.5 Å². The number of phenolic OH excluding ortho intramolecular Hbond substituents is 1. The SMILES string of the molecule is CCc1cc(N=Nc2c(O)ccc3c(S(=O)(=O)O)cccc23)cc([N+](=O)[O-])c1. The lowest BCUT2D eigenvalue weighted by Crippen LogP contribution is -1.98. The van der Waals surface area contributed by atoms with Gasteiger partial charge in [-0.2, -0.15) is 13.5 Å². The van der Waals surface area contributed by atoms with Crippen LogP contribution >= 0.6 is 0 Å². The molecule has 0 aromatic heterocycles. The molecule has 0 aliphatic heterocycles. The second-order valence-electron chi connectivity index (χ2n) is 5.93. The summed E-state index contributed by atoms with van der Waals surface area (Å²) in [5, 5.41) is 29.6. The maximum Gasteiger partial charge on any atom is 0.295 e. The molecule has 3 aromatic carbocycles. The Bertz CT molecular complexity index is 1220. The van der Waals surface area contributed by atoms with Crippen LogP contribution < -0.4 is 0 Å². The van der Waals surface area contributed by atoms with E-state index in [0.29, 0.717) is 12.0 Å². The van der Waals surface area contributed by atoms with Gasteiger partial charge in [-0.15, -0.1) is 5.11 Å². The van der Waals surface area contributed by atoms with Gasteiger partial charge in [0.25, 0.3) is 15.8 Å². The topological polar surface area (TPSA) is 142 Å². The van der Waals surface area contributed by atoms with Gasteiger partial charge < -0.3 is 5.11 Å². The molecule has 3 rings (SSSR count). The number of rotatable bonds is 5. The molecule has 0 heterocycles. The highest BCUT2D eigenvalue weighted by molar-refractivity contribution is 7.86. The quantitative estimate of drug-likeness (QED) is 0.275. The molecule has 28 heavy (non-hydrogen) atoms. The highest BCUT2D eigenvalue weighted by Crippen LogP contribution is 2.38. The monoisotopic (exact) mass is 401 g/mol. The van der Waals surface area contributed by atoms with Gasteiger partial charge in [-0.1, -0.05) is 19.1 Å². The van der Waals surface area contributed by atoms with Crippen molar-refractivity contribution in [1.29, 1.82) is 0 Å². The number of phenols is 1. The van der Waals surface area contributed by atoms with E-state index in [2.05, 4.69) is 10.2 Å². The Morgan fingerprint density at radius 1 is 1.07 bits per heavy atom. The average Bonchev–Trinajstić information content (AvgIpc) is 2.65. The fourth-order valence-electron chi connectivity index (χ4n) is 2.76. The van der Waals surface area contributed by atoms with E-state index in [-0.39, 0.29) is 38.5 Å². The number of azo groups is 1. The minimum atomic E-state index is -4.48. The lowest BCUT2D eigenvalue weighted by atomic mass is 10.1. The zero-order valence-electron chi connectivity index (χ0n) is 14.6. The zero-order valence-corrected chi connectivity index (χ0v) is 15.4. The first kappa shape index (κ1) is 19.4. The predicted molar refractivity (Wildman–Crippen MR) is 102 cm³/mol. The molecule has 9 nitrogen and oxygen atoms in total. The van der Waals surface area contributed by atoms with Crippen LogP contribution in [0.5, 0.6) is 5.75 Å². The number of hydrogen-bond acceptors (Lipinski definition) is 7. The molecule has 0 unspecified atom stereocenters. The Kier molecular flexibility index (Phi) is 5.08. The standard InChI is InChI=1S/C18H15N3O6S/c1-2-11-8-12(10-13(9-11)21(23)24)19-20-18-15-4-3-5-17(28(25,26)27)14(15)6-7-16(18)22/h3-10,22H,2H2,1H3,(H,25,26,27). The number of hydrogen-bond donors (Lipinski definition) is 2. The van der Waals surface area contributed by atoms with Crippen LogP contribution in [0.4, 0.5) is 17.1 Å². The van der Waals surface area contributed by atoms with Crippen LogP contribution in [-0.4, -0.2) is 23.0 Å². The van der Waals surface area contributed by atoms with Crippen molar-refractivity contribution in [3.8, 4) is 5.75 Å². The van der Waals surface area contributed by atoms with E-state index in [1.54, 1.807) is 6.07 Å². The van der Waals surface area contributed by atoms with Gasteiger partial charge in [-0.3, -0.25) is 14.7 Å². The molecule has 0 aliphatic rings. The summed E-state index contributed by atoms with van der Waals surface area (Å²) >= 11 is 0. The van der Waals surface area contributed by atoms with E-state index in [4.69, 9.17) is 0 Å². The van der Waals surface area contributed by atoms with Gasteiger partial charge in [-0.05, 0) is 36.2 Å². The largest absolute Gasteiger partial charge is 0.506 e. The van der Waals surface area contributed by atoms with Crippen molar-refractivity contribution in [2.24, 2.45) is 10.2 Å². The number of fused-ring (bicyclic) bond motifs is 1. The Labute approximate surface area is 159 Å². The molecule has 144 valence electrons. The first-order chi connectivity index (χ1) is 13.2. The van der Waals surface area contributed by atoms with Crippen LogP contribution in [0, 0.1) is 10.1 Å². The van der Waals surface area contributed by atoms with E-state index in [0.717, 1.165) is 0 Å². The molecular formula is C18H15N3O6S. The van der Waals surface area contributed by atoms with Crippen molar-refractivity contribution in [2.75, 3.05) is 0 Å². The Morgan fingerprint density at radius 2 is 1.82 bits per heavy atom. The summed E-state index contributed by atoms with van der Waals surface area (Å²) in [6.07, 6.45) is 0.557. The van der Waals surface area contributed by atoms with Crippen LogP contribution in [0.25, 0.3) is 10.8 Å².